The summed E-state index contributed by atoms with van der Waals surface area (Å²) in [6.07, 6.45) is 6.26. The van der Waals surface area contributed by atoms with Gasteiger partial charge in [-0.05, 0) is 30.4 Å². The van der Waals surface area contributed by atoms with E-state index in [4.69, 9.17) is 21.1 Å². The summed E-state index contributed by atoms with van der Waals surface area (Å²) < 4.78 is 9.50. The first-order valence-corrected chi connectivity index (χ1v) is 6.91. The predicted octanol–water partition coefficient (Wildman–Crippen LogP) is 2.54. The van der Waals surface area contributed by atoms with E-state index >= 15 is 0 Å². The molecule has 0 saturated carbocycles. The summed E-state index contributed by atoms with van der Waals surface area (Å²) in [5, 5.41) is 9.65. The van der Waals surface area contributed by atoms with Gasteiger partial charge in [0.15, 0.2) is 0 Å². The van der Waals surface area contributed by atoms with Crippen LogP contribution < -0.4 is 4.90 Å². The lowest BCUT2D eigenvalue weighted by molar-refractivity contribution is -0.139. The number of ether oxygens (including phenoxy) is 2. The Balaban J connectivity index is 2.65. The number of methoxy groups -OCH3 is 2. The minimum atomic E-state index is -0.717. The number of hydrogen-bond acceptors (Lipinski definition) is 6. The molecule has 0 spiro atoms. The van der Waals surface area contributed by atoms with E-state index in [9.17, 15) is 14.7 Å². The number of benzene rings is 1. The molecule has 0 unspecified atom stereocenters. The number of halogens is 1. The summed E-state index contributed by atoms with van der Waals surface area (Å²) in [5.41, 5.74) is 0.481. The number of carbonyl (C=O) groups is 2. The predicted molar refractivity (Wildman–Crippen MR) is 84.9 cm³/mol. The van der Waals surface area contributed by atoms with Gasteiger partial charge in [0.1, 0.15) is 11.4 Å². The van der Waals surface area contributed by atoms with Crippen LogP contribution in [0.4, 0.5) is 5.69 Å². The van der Waals surface area contributed by atoms with Gasteiger partial charge in [0.25, 0.3) is 0 Å². The van der Waals surface area contributed by atoms with Gasteiger partial charge in [-0.25, -0.2) is 9.59 Å². The maximum atomic E-state index is 12.2. The molecule has 0 amide bonds. The molecule has 1 N–H and O–H groups in total. The van der Waals surface area contributed by atoms with Crippen molar-refractivity contribution in [1.82, 2.24) is 0 Å². The van der Waals surface area contributed by atoms with Crippen LogP contribution in [0.5, 0.6) is 5.75 Å². The maximum absolute atomic E-state index is 12.2. The molecule has 0 radical (unpaired) electrons. The van der Waals surface area contributed by atoms with Crippen LogP contribution in [0.25, 0.3) is 0 Å². The Labute approximate surface area is 137 Å². The average molecular weight is 336 g/mol. The molecule has 0 aromatic heterocycles. The second kappa shape index (κ2) is 7.02. The van der Waals surface area contributed by atoms with Crippen molar-refractivity contribution >= 4 is 29.2 Å². The Morgan fingerprint density at radius 1 is 1.13 bits per heavy atom. The molecular formula is C16H14ClNO5. The summed E-state index contributed by atoms with van der Waals surface area (Å²) in [6.45, 7) is 0. The van der Waals surface area contributed by atoms with Crippen molar-refractivity contribution in [3.63, 3.8) is 0 Å². The standard InChI is InChI=1S/C16H14ClNO5/c1-22-15(20)11-5-3-4-8-18(14(11)16(21)23-2)10-6-7-13(19)12(17)9-10/h3-9,19H,1-2H3. The number of hydrogen-bond donors (Lipinski definition) is 1. The van der Waals surface area contributed by atoms with Crippen LogP contribution >= 0.6 is 11.6 Å². The number of nitrogens with zero attached hydrogens (tertiary/aromatic N) is 1. The molecule has 0 atom stereocenters. The summed E-state index contributed by atoms with van der Waals surface area (Å²) in [5.74, 6) is -1.49. The van der Waals surface area contributed by atoms with Crippen molar-refractivity contribution < 1.29 is 24.2 Å². The fourth-order valence-corrected chi connectivity index (χ4v) is 2.19. The average Bonchev–Trinajstić information content (AvgIpc) is 2.78. The highest BCUT2D eigenvalue weighted by molar-refractivity contribution is 6.32. The first-order chi connectivity index (χ1) is 11.0. The number of phenols is 1. The lowest BCUT2D eigenvalue weighted by atomic mass is 10.1. The lowest BCUT2D eigenvalue weighted by Gasteiger charge is -2.23. The smallest absolute Gasteiger partial charge is 0.355 e. The van der Waals surface area contributed by atoms with Gasteiger partial charge in [-0.3, -0.25) is 0 Å². The summed E-state index contributed by atoms with van der Waals surface area (Å²) in [4.78, 5) is 25.6. The molecule has 0 bridgehead atoms. The molecule has 7 heteroatoms. The Hall–Kier alpha value is -2.73. The second-order valence-corrected chi connectivity index (χ2v) is 4.86. The molecule has 23 heavy (non-hydrogen) atoms. The number of aromatic hydroxyl groups is 1. The SMILES string of the molecule is COC(=O)C1=C(C(=O)OC)N(c2ccc(O)c(Cl)c2)C=CC=C1. The Bertz CT molecular complexity index is 736. The van der Waals surface area contributed by atoms with Crippen LogP contribution in [0.1, 0.15) is 0 Å². The zero-order valence-corrected chi connectivity index (χ0v) is 13.2. The third-order valence-corrected chi connectivity index (χ3v) is 3.40. The van der Waals surface area contributed by atoms with Crippen LogP contribution in [-0.4, -0.2) is 31.3 Å². The molecule has 0 saturated heterocycles. The molecule has 0 aliphatic carbocycles. The van der Waals surface area contributed by atoms with E-state index in [1.807, 2.05) is 0 Å². The van der Waals surface area contributed by atoms with Gasteiger partial charge in [0.2, 0.25) is 0 Å². The van der Waals surface area contributed by atoms with Crippen molar-refractivity contribution in [2.45, 2.75) is 0 Å². The van der Waals surface area contributed by atoms with Gasteiger partial charge in [-0.15, -0.1) is 0 Å². The zero-order chi connectivity index (χ0) is 17.0. The third-order valence-electron chi connectivity index (χ3n) is 3.10. The normalized spacial score (nSPS) is 13.8. The van der Waals surface area contributed by atoms with Crippen molar-refractivity contribution in [3.05, 3.63) is 58.9 Å². The third kappa shape index (κ3) is 3.37. The molecule has 1 aromatic carbocycles. The first kappa shape index (κ1) is 16.6. The van der Waals surface area contributed by atoms with Crippen LogP contribution in [0.15, 0.2) is 53.9 Å². The van der Waals surface area contributed by atoms with E-state index in [1.54, 1.807) is 24.4 Å². The van der Waals surface area contributed by atoms with Gasteiger partial charge >= 0.3 is 11.9 Å². The van der Waals surface area contributed by atoms with Crippen molar-refractivity contribution in [2.24, 2.45) is 0 Å². The molecule has 0 fully saturated rings. The van der Waals surface area contributed by atoms with Crippen molar-refractivity contribution in [3.8, 4) is 5.75 Å². The monoisotopic (exact) mass is 335 g/mol. The van der Waals surface area contributed by atoms with E-state index in [0.717, 1.165) is 0 Å². The van der Waals surface area contributed by atoms with E-state index in [2.05, 4.69) is 0 Å². The highest BCUT2D eigenvalue weighted by Crippen LogP contribution is 2.32. The Morgan fingerprint density at radius 3 is 2.43 bits per heavy atom. The molecule has 120 valence electrons. The number of phenolic OH excluding ortho intramolecular Hbond substituents is 1. The van der Waals surface area contributed by atoms with Crippen LogP contribution in [-0.2, 0) is 19.1 Å². The number of allylic oxidation sites excluding steroid dienone is 2. The van der Waals surface area contributed by atoms with Crippen LogP contribution in [0, 0.1) is 0 Å². The molecule has 1 aliphatic heterocycles. The van der Waals surface area contributed by atoms with Gasteiger partial charge in [-0.1, -0.05) is 17.7 Å². The van der Waals surface area contributed by atoms with E-state index in [1.165, 1.54) is 37.3 Å². The van der Waals surface area contributed by atoms with Crippen LogP contribution in [0.3, 0.4) is 0 Å². The fraction of sp³-hybridized carbons (Fsp3) is 0.125. The van der Waals surface area contributed by atoms with E-state index < -0.39 is 11.9 Å². The summed E-state index contributed by atoms with van der Waals surface area (Å²) in [6, 6.07) is 4.40. The topological polar surface area (TPSA) is 76.1 Å². The number of anilines is 1. The molecule has 1 aliphatic rings. The van der Waals surface area contributed by atoms with Crippen molar-refractivity contribution in [2.75, 3.05) is 19.1 Å². The second-order valence-electron chi connectivity index (χ2n) is 4.45. The molecular weight excluding hydrogens is 322 g/mol. The summed E-state index contributed by atoms with van der Waals surface area (Å²) in [7, 11) is 2.43. The lowest BCUT2D eigenvalue weighted by Crippen LogP contribution is -2.26. The number of esters is 2. The number of carbonyl (C=O) groups excluding carboxylic acids is 2. The zero-order valence-electron chi connectivity index (χ0n) is 12.4. The van der Waals surface area contributed by atoms with E-state index in [-0.39, 0.29) is 22.0 Å². The number of rotatable bonds is 3. The van der Waals surface area contributed by atoms with Crippen molar-refractivity contribution in [1.29, 1.82) is 0 Å². The van der Waals surface area contributed by atoms with Gasteiger partial charge in [-0.2, -0.15) is 0 Å². The van der Waals surface area contributed by atoms with Gasteiger partial charge in [0, 0.05) is 11.9 Å². The molecule has 6 nitrogen and oxygen atoms in total. The molecule has 1 aromatic rings. The quantitative estimate of drug-likeness (QED) is 0.855. The van der Waals surface area contributed by atoms with E-state index in [0.29, 0.717) is 5.69 Å². The first-order valence-electron chi connectivity index (χ1n) is 6.53. The van der Waals surface area contributed by atoms with Crippen LogP contribution in [0.2, 0.25) is 5.02 Å². The Kier molecular flexibility index (Phi) is 5.08. The highest BCUT2D eigenvalue weighted by atomic mass is 35.5. The maximum Gasteiger partial charge on any atom is 0.355 e. The Morgan fingerprint density at radius 2 is 1.83 bits per heavy atom. The fourth-order valence-electron chi connectivity index (χ4n) is 2.01. The largest absolute Gasteiger partial charge is 0.506 e. The minimum absolute atomic E-state index is 0.0221. The highest BCUT2D eigenvalue weighted by Gasteiger charge is 2.27. The molecule has 1 heterocycles. The van der Waals surface area contributed by atoms with Gasteiger partial charge in [0.05, 0.1) is 24.8 Å². The summed E-state index contributed by atoms with van der Waals surface area (Å²) >= 11 is 5.92. The van der Waals surface area contributed by atoms with Gasteiger partial charge < -0.3 is 19.5 Å². The molecule has 2 rings (SSSR count). The minimum Gasteiger partial charge on any atom is -0.506 e.